The highest BCUT2D eigenvalue weighted by Crippen LogP contribution is 2.23. The van der Waals surface area contributed by atoms with Gasteiger partial charge in [-0.25, -0.2) is 0 Å². The third kappa shape index (κ3) is 2.37. The Bertz CT molecular complexity index is 182. The highest BCUT2D eigenvalue weighted by molar-refractivity contribution is 14.1. The minimum absolute atomic E-state index is 0.0983. The number of rotatable bonds is 3. The Hall–Kier alpha value is 0.530. The van der Waals surface area contributed by atoms with E-state index in [-0.39, 0.29) is 18.7 Å². The van der Waals surface area contributed by atoms with Gasteiger partial charge in [-0.15, -0.1) is 0 Å². The second kappa shape index (κ2) is 5.57. The fourth-order valence-corrected chi connectivity index (χ4v) is 2.49. The summed E-state index contributed by atoms with van der Waals surface area (Å²) in [6.07, 6.45) is -1.51. The number of hydrogen-bond donors (Lipinski definition) is 4. The van der Waals surface area contributed by atoms with Crippen LogP contribution in [0.1, 0.15) is 13.3 Å². The van der Waals surface area contributed by atoms with Crippen LogP contribution in [-0.2, 0) is 4.74 Å². The van der Waals surface area contributed by atoms with E-state index < -0.39 is 18.3 Å². The van der Waals surface area contributed by atoms with Crippen molar-refractivity contribution in [2.45, 2.75) is 43.8 Å². The van der Waals surface area contributed by atoms with E-state index in [9.17, 15) is 10.2 Å². The molecule has 0 aromatic heterocycles. The van der Waals surface area contributed by atoms with Crippen molar-refractivity contribution in [1.82, 2.24) is 3.53 Å². The summed E-state index contributed by atoms with van der Waals surface area (Å²) in [6.45, 7) is 2.20. The van der Waals surface area contributed by atoms with E-state index in [0.29, 0.717) is 0 Å². The summed E-state index contributed by atoms with van der Waals surface area (Å²) >= 11 is 1.96. The molecule has 1 fully saturated rings. The monoisotopic (exact) mass is 316 g/mol. The first kappa shape index (κ1) is 12.6. The average Bonchev–Trinajstić information content (AvgIpc) is 2.21. The van der Waals surface area contributed by atoms with Gasteiger partial charge in [0.25, 0.3) is 0 Å². The number of aliphatic hydroxyl groups excluding tert-OH is 2. The lowest BCUT2D eigenvalue weighted by Crippen LogP contribution is -2.62. The molecule has 0 amide bonds. The molecule has 0 bridgehead atoms. The van der Waals surface area contributed by atoms with Gasteiger partial charge in [0.2, 0.25) is 0 Å². The molecule has 84 valence electrons. The number of halogens is 1. The first-order valence-corrected chi connectivity index (χ1v) is 5.81. The van der Waals surface area contributed by atoms with Crippen LogP contribution >= 0.6 is 22.9 Å². The molecule has 5 nitrogen and oxygen atoms in total. The molecule has 14 heavy (non-hydrogen) atoms. The molecule has 1 heterocycles. The second-order valence-corrected chi connectivity index (χ2v) is 4.10. The molecular formula is C8H17IN2O3. The van der Waals surface area contributed by atoms with Crippen molar-refractivity contribution in [2.24, 2.45) is 5.73 Å². The van der Waals surface area contributed by atoms with Crippen molar-refractivity contribution < 1.29 is 14.9 Å². The number of nitrogens with two attached hydrogens (primary N) is 1. The lowest BCUT2D eigenvalue weighted by molar-refractivity contribution is -0.176. The van der Waals surface area contributed by atoms with Crippen LogP contribution in [0, 0.1) is 0 Å². The van der Waals surface area contributed by atoms with Crippen molar-refractivity contribution in [1.29, 1.82) is 0 Å². The molecule has 1 aliphatic heterocycles. The average molecular weight is 316 g/mol. The lowest BCUT2D eigenvalue weighted by atomic mass is 9.92. The quantitative estimate of drug-likeness (QED) is 0.403. The van der Waals surface area contributed by atoms with E-state index in [1.165, 1.54) is 0 Å². The molecule has 6 heteroatoms. The molecule has 5 atom stereocenters. The zero-order valence-electron chi connectivity index (χ0n) is 8.06. The molecule has 0 aliphatic carbocycles. The number of nitrogens with one attached hydrogen (secondary N) is 1. The fourth-order valence-electron chi connectivity index (χ4n) is 1.72. The summed E-state index contributed by atoms with van der Waals surface area (Å²) in [7, 11) is 0. The number of ether oxygens (including phenoxy) is 1. The highest BCUT2D eigenvalue weighted by Gasteiger charge is 2.42. The van der Waals surface area contributed by atoms with E-state index in [1.54, 1.807) is 0 Å². The molecule has 0 aromatic rings. The largest absolute Gasteiger partial charge is 0.389 e. The molecule has 1 rings (SSSR count). The van der Waals surface area contributed by atoms with Crippen molar-refractivity contribution in [2.75, 3.05) is 6.54 Å². The minimum atomic E-state index is -0.907. The molecular weight excluding hydrogens is 299 g/mol. The summed E-state index contributed by atoms with van der Waals surface area (Å²) in [4.78, 5) is 0. The summed E-state index contributed by atoms with van der Waals surface area (Å²) in [5.74, 6) is 0. The van der Waals surface area contributed by atoms with Gasteiger partial charge in [0.05, 0.1) is 18.2 Å². The van der Waals surface area contributed by atoms with Crippen LogP contribution in [0.4, 0.5) is 0 Å². The molecule has 0 radical (unpaired) electrons. The van der Waals surface area contributed by atoms with Crippen LogP contribution in [0.3, 0.4) is 0 Å². The normalized spacial score (nSPS) is 43.9. The zero-order chi connectivity index (χ0) is 10.7. The van der Waals surface area contributed by atoms with E-state index in [2.05, 4.69) is 3.53 Å². The Kier molecular flexibility index (Phi) is 5.01. The number of aliphatic hydroxyl groups is 2. The molecule has 0 saturated carbocycles. The Labute approximate surface area is 97.5 Å². The van der Waals surface area contributed by atoms with Gasteiger partial charge in [-0.2, -0.15) is 0 Å². The molecule has 1 aliphatic rings. The Morgan fingerprint density at radius 2 is 2.00 bits per heavy atom. The van der Waals surface area contributed by atoms with Crippen LogP contribution in [-0.4, -0.2) is 47.2 Å². The first-order chi connectivity index (χ1) is 6.65. The van der Waals surface area contributed by atoms with Crippen LogP contribution in [0.2, 0.25) is 0 Å². The van der Waals surface area contributed by atoms with Gasteiger partial charge < -0.3 is 20.7 Å². The van der Waals surface area contributed by atoms with Gasteiger partial charge in [0.1, 0.15) is 12.2 Å². The zero-order valence-corrected chi connectivity index (χ0v) is 10.2. The van der Waals surface area contributed by atoms with E-state index in [1.807, 2.05) is 29.8 Å². The third-order valence-electron chi connectivity index (χ3n) is 2.61. The molecule has 0 aromatic carbocycles. The maximum absolute atomic E-state index is 9.79. The smallest absolute Gasteiger partial charge is 0.109 e. The van der Waals surface area contributed by atoms with Gasteiger partial charge in [-0.1, -0.05) is 6.92 Å². The summed E-state index contributed by atoms with van der Waals surface area (Å²) in [6, 6.07) is -0.238. The SMILES string of the molecule is CCC1OC(CN)C(O)C(O)C1NI. The maximum Gasteiger partial charge on any atom is 0.109 e. The van der Waals surface area contributed by atoms with Gasteiger partial charge in [0, 0.05) is 29.4 Å². The van der Waals surface area contributed by atoms with E-state index in [0.717, 1.165) is 6.42 Å². The van der Waals surface area contributed by atoms with Crippen molar-refractivity contribution in [3.8, 4) is 0 Å². The summed E-state index contributed by atoms with van der Waals surface area (Å²) < 4.78 is 8.49. The lowest BCUT2D eigenvalue weighted by Gasteiger charge is -2.41. The van der Waals surface area contributed by atoms with Gasteiger partial charge in [-0.3, -0.25) is 3.53 Å². The van der Waals surface area contributed by atoms with Crippen molar-refractivity contribution >= 4 is 22.9 Å². The summed E-state index contributed by atoms with van der Waals surface area (Å²) in [5.41, 5.74) is 5.44. The van der Waals surface area contributed by atoms with Gasteiger partial charge in [0.15, 0.2) is 0 Å². The van der Waals surface area contributed by atoms with Gasteiger partial charge >= 0.3 is 0 Å². The molecule has 5 N–H and O–H groups in total. The van der Waals surface area contributed by atoms with E-state index >= 15 is 0 Å². The van der Waals surface area contributed by atoms with Crippen LogP contribution < -0.4 is 9.26 Å². The molecule has 0 spiro atoms. The predicted molar refractivity (Wildman–Crippen MR) is 61.0 cm³/mol. The van der Waals surface area contributed by atoms with Crippen LogP contribution in [0.25, 0.3) is 0 Å². The first-order valence-electron chi connectivity index (χ1n) is 4.73. The highest BCUT2D eigenvalue weighted by atomic mass is 127. The fraction of sp³-hybridized carbons (Fsp3) is 1.00. The standard InChI is InChI=1S/C8H17IN2O3/c1-2-4-6(11-9)8(13)7(12)5(3-10)14-4/h4-8,11-13H,2-3,10H2,1H3. The third-order valence-corrected chi connectivity index (χ3v) is 3.33. The minimum Gasteiger partial charge on any atom is -0.389 e. The van der Waals surface area contributed by atoms with Crippen molar-refractivity contribution in [3.05, 3.63) is 0 Å². The van der Waals surface area contributed by atoms with Crippen LogP contribution in [0.15, 0.2) is 0 Å². The van der Waals surface area contributed by atoms with Crippen LogP contribution in [0.5, 0.6) is 0 Å². The molecule has 5 unspecified atom stereocenters. The number of hydrogen-bond acceptors (Lipinski definition) is 5. The van der Waals surface area contributed by atoms with Gasteiger partial charge in [-0.05, 0) is 6.42 Å². The Morgan fingerprint density at radius 1 is 1.36 bits per heavy atom. The Balaban J connectivity index is 2.71. The predicted octanol–water partition coefficient (Wildman–Crippen LogP) is -0.847. The van der Waals surface area contributed by atoms with Crippen molar-refractivity contribution in [3.63, 3.8) is 0 Å². The summed E-state index contributed by atoms with van der Waals surface area (Å²) in [5, 5.41) is 19.4. The second-order valence-electron chi connectivity index (χ2n) is 3.47. The topological polar surface area (TPSA) is 87.7 Å². The maximum atomic E-state index is 9.79. The Morgan fingerprint density at radius 3 is 2.43 bits per heavy atom. The van der Waals surface area contributed by atoms with E-state index in [4.69, 9.17) is 10.5 Å². The molecule has 1 saturated heterocycles.